The third kappa shape index (κ3) is 3.43. The topological polar surface area (TPSA) is 119 Å². The summed E-state index contributed by atoms with van der Waals surface area (Å²) in [6.07, 6.45) is -1.81. The van der Waals surface area contributed by atoms with Gasteiger partial charge < -0.3 is 24.4 Å². The van der Waals surface area contributed by atoms with Gasteiger partial charge in [-0.2, -0.15) is 0 Å². The Morgan fingerprint density at radius 2 is 1.41 bits per heavy atom. The highest BCUT2D eigenvalue weighted by atomic mass is 16.6. The van der Waals surface area contributed by atoms with E-state index >= 15 is 0 Å². The molecular weight excluding hydrogens is 440 g/mol. The average Bonchev–Trinajstić information content (AvgIpc) is 2.85. The lowest BCUT2D eigenvalue weighted by Gasteiger charge is -2.68. The second-order valence-corrected chi connectivity index (χ2v) is 11.8. The van der Waals surface area contributed by atoms with Crippen LogP contribution in [0.5, 0.6) is 0 Å². The third-order valence-electron chi connectivity index (χ3n) is 9.56. The summed E-state index contributed by atoms with van der Waals surface area (Å²) in [5.74, 6) is -2.22. The Labute approximate surface area is 201 Å². The van der Waals surface area contributed by atoms with E-state index in [9.17, 15) is 24.6 Å². The molecule has 4 aliphatic carbocycles. The highest BCUT2D eigenvalue weighted by molar-refractivity contribution is 5.67. The third-order valence-corrected chi connectivity index (χ3v) is 9.56. The van der Waals surface area contributed by atoms with Crippen molar-refractivity contribution in [1.82, 2.24) is 0 Å². The highest BCUT2D eigenvalue weighted by Crippen LogP contribution is 2.73. The van der Waals surface area contributed by atoms with Gasteiger partial charge in [0, 0.05) is 55.3 Å². The molecule has 0 aromatic heterocycles. The van der Waals surface area contributed by atoms with Crippen molar-refractivity contribution in [2.75, 3.05) is 0 Å². The van der Waals surface area contributed by atoms with E-state index in [2.05, 4.69) is 6.58 Å². The lowest BCUT2D eigenvalue weighted by molar-refractivity contribution is -0.294. The molecule has 190 valence electrons. The Morgan fingerprint density at radius 3 is 1.97 bits per heavy atom. The summed E-state index contributed by atoms with van der Waals surface area (Å²) >= 11 is 0. The molecule has 0 unspecified atom stereocenters. The predicted octanol–water partition coefficient (Wildman–Crippen LogP) is 2.54. The van der Waals surface area contributed by atoms with Crippen molar-refractivity contribution >= 4 is 17.9 Å². The minimum atomic E-state index is -0.861. The van der Waals surface area contributed by atoms with Crippen LogP contribution in [0.25, 0.3) is 0 Å². The van der Waals surface area contributed by atoms with E-state index in [-0.39, 0.29) is 12.3 Å². The van der Waals surface area contributed by atoms with Gasteiger partial charge in [-0.25, -0.2) is 0 Å². The number of ether oxygens (including phenoxy) is 3. The summed E-state index contributed by atoms with van der Waals surface area (Å²) in [5, 5.41) is 23.0. The fourth-order valence-corrected chi connectivity index (χ4v) is 8.81. The normalized spacial score (nSPS) is 46.6. The zero-order valence-electron chi connectivity index (χ0n) is 21.0. The van der Waals surface area contributed by atoms with Gasteiger partial charge in [0.1, 0.15) is 18.3 Å². The molecule has 0 saturated heterocycles. The van der Waals surface area contributed by atoms with E-state index in [1.165, 1.54) is 20.8 Å². The maximum Gasteiger partial charge on any atom is 0.302 e. The summed E-state index contributed by atoms with van der Waals surface area (Å²) in [7, 11) is 0. The van der Waals surface area contributed by atoms with Gasteiger partial charge in [-0.1, -0.05) is 27.4 Å². The minimum absolute atomic E-state index is 0.0167. The molecular formula is C26H38O8. The molecule has 10 atom stereocenters. The van der Waals surface area contributed by atoms with Crippen LogP contribution in [0.2, 0.25) is 0 Å². The maximum atomic E-state index is 12.3. The van der Waals surface area contributed by atoms with Gasteiger partial charge in [0.05, 0.1) is 12.2 Å². The molecule has 0 radical (unpaired) electrons. The molecule has 0 heterocycles. The van der Waals surface area contributed by atoms with Crippen LogP contribution >= 0.6 is 0 Å². The van der Waals surface area contributed by atoms with Crippen LogP contribution in [0.4, 0.5) is 0 Å². The highest BCUT2D eigenvalue weighted by Gasteiger charge is 2.75. The molecule has 4 fully saturated rings. The van der Waals surface area contributed by atoms with Gasteiger partial charge in [-0.15, -0.1) is 0 Å². The van der Waals surface area contributed by atoms with Crippen LogP contribution in [0.3, 0.4) is 0 Å². The Balaban J connectivity index is 1.94. The molecule has 1 spiro atoms. The van der Waals surface area contributed by atoms with Crippen LogP contribution in [-0.2, 0) is 28.6 Å². The number of esters is 3. The van der Waals surface area contributed by atoms with Crippen molar-refractivity contribution in [2.45, 2.75) is 97.7 Å². The minimum Gasteiger partial charge on any atom is -0.462 e. The van der Waals surface area contributed by atoms with Gasteiger partial charge in [-0.05, 0) is 30.8 Å². The van der Waals surface area contributed by atoms with Crippen LogP contribution in [0.15, 0.2) is 12.2 Å². The number of hydrogen-bond donors (Lipinski definition) is 2. The number of fused-ring (bicyclic) bond motifs is 3. The average molecular weight is 479 g/mol. The monoisotopic (exact) mass is 478 g/mol. The molecule has 34 heavy (non-hydrogen) atoms. The lowest BCUT2D eigenvalue weighted by atomic mass is 9.38. The standard InChI is InChI=1S/C26H38O8/c1-12-16-8-17(30)21-25(7)20(34-15(4)29)9-19(33-14(3)28)24(5,6)22(25)18(32-13(2)27)11-26(21,10-16)23(12)31/h16-23,30-31H,1,8-11H2,2-7H3/t16-,17+,18+,19+,20+,21+,22-,23-,25+,26+/m1/s1. The van der Waals surface area contributed by atoms with Crippen molar-refractivity contribution in [1.29, 1.82) is 0 Å². The molecule has 4 aliphatic rings. The van der Waals surface area contributed by atoms with Gasteiger partial charge in [-0.3, -0.25) is 14.4 Å². The molecule has 8 nitrogen and oxygen atoms in total. The number of aliphatic hydroxyl groups excluding tert-OH is 2. The largest absolute Gasteiger partial charge is 0.462 e. The summed E-state index contributed by atoms with van der Waals surface area (Å²) in [4.78, 5) is 36.5. The van der Waals surface area contributed by atoms with E-state index in [4.69, 9.17) is 14.2 Å². The molecule has 4 rings (SSSR count). The molecule has 0 aromatic carbocycles. The van der Waals surface area contributed by atoms with Crippen molar-refractivity contribution in [3.8, 4) is 0 Å². The van der Waals surface area contributed by atoms with Crippen molar-refractivity contribution in [2.24, 2.45) is 34.0 Å². The quantitative estimate of drug-likeness (QED) is 0.361. The first-order chi connectivity index (χ1) is 15.7. The van der Waals surface area contributed by atoms with Crippen molar-refractivity contribution in [3.05, 3.63) is 12.2 Å². The first-order valence-electron chi connectivity index (χ1n) is 12.2. The van der Waals surface area contributed by atoms with E-state index in [0.29, 0.717) is 24.8 Å². The SMILES string of the molecule is C=C1[C@@H]2C[C@H](O)[C@@H]3[C@](C2)(C[C@H](OC(C)=O)[C@@H]2C(C)(C)[C@@H](OC(C)=O)C[C@H](OC(C)=O)[C@]23C)[C@@H]1O. The van der Waals surface area contributed by atoms with Crippen molar-refractivity contribution in [3.63, 3.8) is 0 Å². The molecule has 2 N–H and O–H groups in total. The fraction of sp³-hybridized carbons (Fsp3) is 0.808. The second kappa shape index (κ2) is 8.05. The van der Waals surface area contributed by atoms with Gasteiger partial charge in [0.25, 0.3) is 0 Å². The first kappa shape index (κ1) is 25.2. The molecule has 8 heteroatoms. The smallest absolute Gasteiger partial charge is 0.302 e. The van der Waals surface area contributed by atoms with Crippen LogP contribution < -0.4 is 0 Å². The number of carbonyl (C=O) groups is 3. The number of aliphatic hydroxyl groups is 2. The molecule has 0 aromatic rings. The summed E-state index contributed by atoms with van der Waals surface area (Å²) in [6, 6.07) is 0. The zero-order valence-corrected chi connectivity index (χ0v) is 21.0. The Morgan fingerprint density at radius 1 is 0.853 bits per heavy atom. The first-order valence-corrected chi connectivity index (χ1v) is 12.2. The van der Waals surface area contributed by atoms with Gasteiger partial charge in [0.2, 0.25) is 0 Å². The van der Waals surface area contributed by atoms with E-state index < -0.39 is 76.5 Å². The van der Waals surface area contributed by atoms with Gasteiger partial charge >= 0.3 is 17.9 Å². The molecule has 0 aliphatic heterocycles. The lowest BCUT2D eigenvalue weighted by Crippen LogP contribution is -2.73. The number of carbonyl (C=O) groups excluding carboxylic acids is 3. The molecule has 2 bridgehead atoms. The van der Waals surface area contributed by atoms with Crippen LogP contribution in [-0.4, -0.2) is 58.6 Å². The summed E-state index contributed by atoms with van der Waals surface area (Å²) < 4.78 is 17.6. The Hall–Kier alpha value is -1.93. The zero-order chi connectivity index (χ0) is 25.4. The predicted molar refractivity (Wildman–Crippen MR) is 121 cm³/mol. The van der Waals surface area contributed by atoms with Gasteiger partial charge in [0.15, 0.2) is 0 Å². The van der Waals surface area contributed by atoms with Crippen LogP contribution in [0, 0.1) is 34.0 Å². The Kier molecular flexibility index (Phi) is 5.96. The van der Waals surface area contributed by atoms with E-state index in [0.717, 1.165) is 0 Å². The summed E-state index contributed by atoms with van der Waals surface area (Å²) in [6.45, 7) is 14.1. The summed E-state index contributed by atoms with van der Waals surface area (Å²) in [5.41, 5.74) is -1.58. The number of hydrogen-bond acceptors (Lipinski definition) is 8. The van der Waals surface area contributed by atoms with E-state index in [1.54, 1.807) is 0 Å². The maximum absolute atomic E-state index is 12.3. The van der Waals surface area contributed by atoms with Crippen molar-refractivity contribution < 1.29 is 38.8 Å². The molecule has 0 amide bonds. The fourth-order valence-electron chi connectivity index (χ4n) is 8.81. The molecule has 4 saturated carbocycles. The van der Waals surface area contributed by atoms with Crippen LogP contribution in [0.1, 0.15) is 67.2 Å². The Bertz CT molecular complexity index is 910. The second-order valence-electron chi connectivity index (χ2n) is 11.8. The van der Waals surface area contributed by atoms with E-state index in [1.807, 2.05) is 20.8 Å². The number of rotatable bonds is 3.